The Bertz CT molecular complexity index is 1110. The molecule has 152 valence electrons. The van der Waals surface area contributed by atoms with Gasteiger partial charge in [0.15, 0.2) is 0 Å². The maximum Gasteiger partial charge on any atom is 0.242 e. The van der Waals surface area contributed by atoms with Crippen molar-refractivity contribution < 1.29 is 4.79 Å². The van der Waals surface area contributed by atoms with Crippen LogP contribution in [-0.4, -0.2) is 29.0 Å². The van der Waals surface area contributed by atoms with E-state index >= 15 is 0 Å². The number of rotatable bonds is 4. The number of nitriles is 1. The van der Waals surface area contributed by atoms with Crippen LogP contribution in [-0.2, 0) is 10.3 Å². The summed E-state index contributed by atoms with van der Waals surface area (Å²) < 4.78 is 0. The van der Waals surface area contributed by atoms with E-state index in [1.165, 1.54) is 0 Å². The Balaban J connectivity index is 1.79. The van der Waals surface area contributed by atoms with E-state index in [4.69, 9.17) is 5.73 Å². The first-order valence-electron chi connectivity index (χ1n) is 10.0. The SMILES string of the molecule is C[C@@H]1CNC[C@](NC(=O)[C@H](N)c2ccccc2)(c2ccc(C#N)c3nccnc23)C1. The molecule has 0 unspecified atom stereocenters. The second-order valence-corrected chi connectivity index (χ2v) is 7.93. The predicted octanol–water partition coefficient (Wildman–Crippen LogP) is 2.14. The number of nitrogens with one attached hydrogen (secondary N) is 2. The van der Waals surface area contributed by atoms with Crippen LogP contribution in [0.1, 0.15) is 36.1 Å². The summed E-state index contributed by atoms with van der Waals surface area (Å²) in [7, 11) is 0. The van der Waals surface area contributed by atoms with Gasteiger partial charge in [0.05, 0.1) is 16.6 Å². The number of piperidine rings is 1. The van der Waals surface area contributed by atoms with Gasteiger partial charge in [0.25, 0.3) is 0 Å². The molecule has 0 spiro atoms. The Hall–Kier alpha value is -3.34. The lowest BCUT2D eigenvalue weighted by atomic mass is 9.77. The molecule has 2 aromatic carbocycles. The van der Waals surface area contributed by atoms with Gasteiger partial charge in [0, 0.05) is 24.5 Å². The van der Waals surface area contributed by atoms with Crippen LogP contribution >= 0.6 is 0 Å². The lowest BCUT2D eigenvalue weighted by molar-refractivity contribution is -0.125. The molecule has 0 aliphatic carbocycles. The van der Waals surface area contributed by atoms with Crippen molar-refractivity contribution in [1.29, 1.82) is 5.26 Å². The van der Waals surface area contributed by atoms with Gasteiger partial charge in [-0.1, -0.05) is 43.3 Å². The summed E-state index contributed by atoms with van der Waals surface area (Å²) in [6.07, 6.45) is 3.91. The molecule has 3 aromatic rings. The molecule has 1 aromatic heterocycles. The second-order valence-electron chi connectivity index (χ2n) is 7.93. The number of nitrogens with two attached hydrogens (primary N) is 1. The van der Waals surface area contributed by atoms with Crippen LogP contribution in [0.4, 0.5) is 0 Å². The molecule has 0 bridgehead atoms. The third-order valence-electron chi connectivity index (χ3n) is 5.68. The van der Waals surface area contributed by atoms with Crippen LogP contribution in [0.15, 0.2) is 54.9 Å². The second kappa shape index (κ2) is 8.19. The largest absolute Gasteiger partial charge is 0.344 e. The molecule has 3 atom stereocenters. The number of amides is 1. The molecular weight excluding hydrogens is 376 g/mol. The molecule has 0 radical (unpaired) electrons. The van der Waals surface area contributed by atoms with Gasteiger partial charge in [-0.15, -0.1) is 0 Å². The zero-order chi connectivity index (χ0) is 21.1. The molecule has 1 amide bonds. The number of carbonyl (C=O) groups excluding carboxylic acids is 1. The minimum Gasteiger partial charge on any atom is -0.344 e. The van der Waals surface area contributed by atoms with Crippen LogP contribution < -0.4 is 16.4 Å². The van der Waals surface area contributed by atoms with E-state index in [-0.39, 0.29) is 5.91 Å². The summed E-state index contributed by atoms with van der Waals surface area (Å²) in [5, 5.41) is 16.1. The summed E-state index contributed by atoms with van der Waals surface area (Å²) in [4.78, 5) is 22.1. The van der Waals surface area contributed by atoms with Crippen molar-refractivity contribution in [2.24, 2.45) is 11.7 Å². The van der Waals surface area contributed by atoms with Crippen LogP contribution in [0.3, 0.4) is 0 Å². The Morgan fingerprint density at radius 1 is 1.23 bits per heavy atom. The van der Waals surface area contributed by atoms with E-state index in [1.54, 1.807) is 18.5 Å². The summed E-state index contributed by atoms with van der Waals surface area (Å²) >= 11 is 0. The summed E-state index contributed by atoms with van der Waals surface area (Å²) in [6, 6.07) is 14.3. The number of hydrogen-bond donors (Lipinski definition) is 3. The molecule has 7 nitrogen and oxygen atoms in total. The summed E-state index contributed by atoms with van der Waals surface area (Å²) in [6.45, 7) is 3.55. The molecule has 4 N–H and O–H groups in total. The highest BCUT2D eigenvalue weighted by Gasteiger charge is 2.40. The van der Waals surface area contributed by atoms with Crippen molar-refractivity contribution in [3.8, 4) is 6.07 Å². The number of benzene rings is 2. The smallest absolute Gasteiger partial charge is 0.242 e. The molecule has 1 aliphatic heterocycles. The zero-order valence-electron chi connectivity index (χ0n) is 16.8. The number of aromatic nitrogens is 2. The fraction of sp³-hybridized carbons (Fsp3) is 0.304. The summed E-state index contributed by atoms with van der Waals surface area (Å²) in [5.74, 6) is 0.0767. The van der Waals surface area contributed by atoms with Crippen molar-refractivity contribution in [2.75, 3.05) is 13.1 Å². The highest BCUT2D eigenvalue weighted by molar-refractivity contribution is 5.87. The molecule has 1 saturated heterocycles. The van der Waals surface area contributed by atoms with Gasteiger partial charge < -0.3 is 16.4 Å². The van der Waals surface area contributed by atoms with E-state index in [1.807, 2.05) is 36.4 Å². The molecule has 30 heavy (non-hydrogen) atoms. The fourth-order valence-electron chi connectivity index (χ4n) is 4.30. The molecule has 1 fully saturated rings. The molecule has 0 saturated carbocycles. The number of hydrogen-bond acceptors (Lipinski definition) is 6. The first-order chi connectivity index (χ1) is 14.5. The van der Waals surface area contributed by atoms with E-state index in [0.29, 0.717) is 29.1 Å². The quantitative estimate of drug-likeness (QED) is 0.618. The van der Waals surface area contributed by atoms with Gasteiger partial charge in [-0.2, -0.15) is 5.26 Å². The monoisotopic (exact) mass is 400 g/mol. The van der Waals surface area contributed by atoms with Crippen LogP contribution in [0.2, 0.25) is 0 Å². The van der Waals surface area contributed by atoms with E-state index < -0.39 is 11.6 Å². The lowest BCUT2D eigenvalue weighted by Gasteiger charge is -2.42. The highest BCUT2D eigenvalue weighted by Crippen LogP contribution is 2.35. The Kier molecular flexibility index (Phi) is 5.44. The van der Waals surface area contributed by atoms with Gasteiger partial charge in [-0.25, -0.2) is 0 Å². The molecule has 2 heterocycles. The average molecular weight is 400 g/mol. The van der Waals surface area contributed by atoms with E-state index in [9.17, 15) is 10.1 Å². The predicted molar refractivity (Wildman–Crippen MR) is 114 cm³/mol. The maximum absolute atomic E-state index is 13.2. The van der Waals surface area contributed by atoms with Crippen molar-refractivity contribution >= 4 is 16.9 Å². The normalized spacial score (nSPS) is 22.2. The Morgan fingerprint density at radius 3 is 2.67 bits per heavy atom. The van der Waals surface area contributed by atoms with Gasteiger partial charge in [0.2, 0.25) is 5.91 Å². The fourth-order valence-corrected chi connectivity index (χ4v) is 4.30. The standard InChI is InChI=1S/C23H24N6O/c1-15-11-23(14-26-13-15,29-22(30)19(25)16-5-3-2-4-6-16)18-8-7-17(12-24)20-21(18)28-10-9-27-20/h2-10,15,19,26H,11,13-14,25H2,1H3,(H,29,30)/t15-,19+,23-/m0/s1. The topological polar surface area (TPSA) is 117 Å². The van der Waals surface area contributed by atoms with Crippen LogP contribution in [0.5, 0.6) is 0 Å². The Labute approximate surface area is 175 Å². The van der Waals surface area contributed by atoms with Gasteiger partial charge in [-0.05, 0) is 30.5 Å². The number of nitrogens with zero attached hydrogens (tertiary/aromatic N) is 3. The first-order valence-corrected chi connectivity index (χ1v) is 10.0. The number of fused-ring (bicyclic) bond motifs is 1. The third kappa shape index (κ3) is 3.63. The highest BCUT2D eigenvalue weighted by atomic mass is 16.2. The van der Waals surface area contributed by atoms with Crippen molar-refractivity contribution in [3.05, 3.63) is 71.5 Å². The molecule has 4 rings (SSSR count). The van der Waals surface area contributed by atoms with Gasteiger partial charge in [-0.3, -0.25) is 14.8 Å². The zero-order valence-corrected chi connectivity index (χ0v) is 16.8. The minimum absolute atomic E-state index is 0.251. The average Bonchev–Trinajstić information content (AvgIpc) is 2.78. The minimum atomic E-state index is -0.781. The maximum atomic E-state index is 13.2. The molecule has 1 aliphatic rings. The molecular formula is C23H24N6O. The lowest BCUT2D eigenvalue weighted by Crippen LogP contribution is -2.58. The Morgan fingerprint density at radius 2 is 1.97 bits per heavy atom. The van der Waals surface area contributed by atoms with E-state index in [0.717, 1.165) is 24.1 Å². The van der Waals surface area contributed by atoms with Crippen molar-refractivity contribution in [3.63, 3.8) is 0 Å². The van der Waals surface area contributed by atoms with Gasteiger partial charge >= 0.3 is 0 Å². The summed E-state index contributed by atoms with van der Waals surface area (Å²) in [5.41, 5.74) is 8.80. The van der Waals surface area contributed by atoms with Crippen molar-refractivity contribution in [1.82, 2.24) is 20.6 Å². The van der Waals surface area contributed by atoms with Gasteiger partial charge in [0.1, 0.15) is 17.6 Å². The van der Waals surface area contributed by atoms with Crippen LogP contribution in [0.25, 0.3) is 11.0 Å². The van der Waals surface area contributed by atoms with E-state index in [2.05, 4.69) is 33.6 Å². The molecule has 7 heteroatoms. The van der Waals surface area contributed by atoms with Crippen molar-refractivity contribution in [2.45, 2.75) is 24.9 Å². The third-order valence-corrected chi connectivity index (χ3v) is 5.68. The first kappa shape index (κ1) is 20.0. The van der Waals surface area contributed by atoms with Crippen LogP contribution in [0, 0.1) is 17.2 Å². The number of carbonyl (C=O) groups is 1.